The number of hydrogen-bond acceptors (Lipinski definition) is 3. The van der Waals surface area contributed by atoms with Crippen LogP contribution in [0.5, 0.6) is 0 Å². The Labute approximate surface area is 171 Å². The van der Waals surface area contributed by atoms with Gasteiger partial charge in [-0.3, -0.25) is 4.79 Å². The van der Waals surface area contributed by atoms with E-state index in [4.69, 9.17) is 5.73 Å². The quantitative estimate of drug-likeness (QED) is 0.235. The summed E-state index contributed by atoms with van der Waals surface area (Å²) in [5, 5.41) is 5.06. The van der Waals surface area contributed by atoms with E-state index >= 15 is 0 Å². The van der Waals surface area contributed by atoms with Gasteiger partial charge in [-0.05, 0) is 46.1 Å². The fourth-order valence-corrected chi connectivity index (χ4v) is 2.37. The molecule has 11 heteroatoms. The number of primary amides is 1. The van der Waals surface area contributed by atoms with Crippen LogP contribution in [0.15, 0.2) is 46.8 Å². The molecule has 0 bridgehead atoms. The molecule has 0 unspecified atom stereocenters. The maximum Gasteiger partial charge on any atom is 0.416 e. The summed E-state index contributed by atoms with van der Waals surface area (Å²) in [6, 6.07) is 1.26. The molecule has 4 nitrogen and oxygen atoms in total. The molecular weight excluding hydrogens is 468 g/mol. The third-order valence-electron chi connectivity index (χ3n) is 3.85. The second-order valence-corrected chi connectivity index (χ2v) is 6.85. The summed E-state index contributed by atoms with van der Waals surface area (Å²) >= 11 is 2.89. The van der Waals surface area contributed by atoms with Crippen LogP contribution in [-0.4, -0.2) is 16.6 Å². The van der Waals surface area contributed by atoms with E-state index in [0.29, 0.717) is 18.6 Å². The zero-order chi connectivity index (χ0) is 22.6. The van der Waals surface area contributed by atoms with Gasteiger partial charge < -0.3 is 5.73 Å². The fourth-order valence-electron chi connectivity index (χ4n) is 2.16. The molecule has 0 saturated heterocycles. The van der Waals surface area contributed by atoms with E-state index in [2.05, 4.69) is 27.6 Å². The average Bonchev–Trinajstić information content (AvgIpc) is 2.62. The monoisotopic (exact) mass is 485 g/mol. The standard InChI is InChI=1S/C18H18BrF6N3O/c1-4-10(3)15(27-28(5-2)9-14(19)16(26)29)11-6-12(17(20,21)22)8-13(7-11)18(23,24)25/h5-10H,2,4H2,1,3H3,(H2,26,29)/b14-9+,27-15+/t10-/m1/s1. The average molecular weight is 486 g/mol. The fraction of sp³-hybridized carbons (Fsp3) is 0.333. The van der Waals surface area contributed by atoms with Gasteiger partial charge in [0.2, 0.25) is 0 Å². The lowest BCUT2D eigenvalue weighted by atomic mass is 9.93. The van der Waals surface area contributed by atoms with E-state index in [1.54, 1.807) is 13.8 Å². The Kier molecular flexibility index (Phi) is 8.07. The number of hydrogen-bond donors (Lipinski definition) is 1. The lowest BCUT2D eigenvalue weighted by molar-refractivity contribution is -0.143. The third kappa shape index (κ3) is 6.91. The summed E-state index contributed by atoms with van der Waals surface area (Å²) in [5.74, 6) is -1.36. The first kappa shape index (κ1) is 24.7. The summed E-state index contributed by atoms with van der Waals surface area (Å²) in [5.41, 5.74) is 1.79. The molecule has 160 valence electrons. The van der Waals surface area contributed by atoms with Gasteiger partial charge in [-0.15, -0.1) is 0 Å². The van der Waals surface area contributed by atoms with Crippen LogP contribution in [0, 0.1) is 5.92 Å². The summed E-state index contributed by atoms with van der Waals surface area (Å²) in [6.45, 7) is 6.76. The van der Waals surface area contributed by atoms with Crippen LogP contribution in [0.3, 0.4) is 0 Å². The first-order valence-corrected chi connectivity index (χ1v) is 8.96. The molecule has 0 spiro atoms. The first-order chi connectivity index (χ1) is 13.2. The number of nitrogens with zero attached hydrogens (tertiary/aromatic N) is 2. The smallest absolute Gasteiger partial charge is 0.365 e. The number of alkyl halides is 6. The number of amides is 1. The zero-order valence-corrected chi connectivity index (χ0v) is 17.0. The largest absolute Gasteiger partial charge is 0.416 e. The highest BCUT2D eigenvalue weighted by Crippen LogP contribution is 2.37. The Hall–Kier alpha value is -2.30. The molecule has 1 atom stereocenters. The predicted octanol–water partition coefficient (Wildman–Crippen LogP) is 5.64. The minimum atomic E-state index is -4.98. The van der Waals surface area contributed by atoms with Crippen LogP contribution in [0.2, 0.25) is 0 Å². The van der Waals surface area contributed by atoms with E-state index in [0.717, 1.165) is 17.4 Å². The van der Waals surface area contributed by atoms with Crippen LogP contribution in [0.4, 0.5) is 26.3 Å². The van der Waals surface area contributed by atoms with Crippen LogP contribution >= 0.6 is 15.9 Å². The molecule has 1 rings (SSSR count). The number of hydrazone groups is 1. The van der Waals surface area contributed by atoms with Crippen molar-refractivity contribution in [2.75, 3.05) is 0 Å². The van der Waals surface area contributed by atoms with Crippen LogP contribution in [-0.2, 0) is 17.1 Å². The van der Waals surface area contributed by atoms with Gasteiger partial charge in [0.25, 0.3) is 5.91 Å². The van der Waals surface area contributed by atoms with Gasteiger partial charge in [0.1, 0.15) is 4.48 Å². The van der Waals surface area contributed by atoms with Crippen molar-refractivity contribution in [1.29, 1.82) is 0 Å². The van der Waals surface area contributed by atoms with Crippen LogP contribution < -0.4 is 5.73 Å². The molecule has 0 saturated carbocycles. The predicted molar refractivity (Wildman–Crippen MR) is 101 cm³/mol. The van der Waals surface area contributed by atoms with E-state index in [1.807, 2.05) is 0 Å². The summed E-state index contributed by atoms with van der Waals surface area (Å²) in [6.07, 6.45) is -7.38. The van der Waals surface area contributed by atoms with Crippen molar-refractivity contribution in [2.45, 2.75) is 32.6 Å². The van der Waals surface area contributed by atoms with E-state index in [-0.39, 0.29) is 21.8 Å². The number of rotatable bonds is 7. The second-order valence-electron chi connectivity index (χ2n) is 5.99. The van der Waals surface area contributed by atoms with Crippen molar-refractivity contribution in [2.24, 2.45) is 16.8 Å². The first-order valence-electron chi connectivity index (χ1n) is 8.17. The van der Waals surface area contributed by atoms with Gasteiger partial charge in [0.05, 0.1) is 16.8 Å². The molecule has 0 fully saturated rings. The summed E-state index contributed by atoms with van der Waals surface area (Å²) < 4.78 is 78.9. The van der Waals surface area contributed by atoms with Gasteiger partial charge in [0.15, 0.2) is 0 Å². The van der Waals surface area contributed by atoms with Crippen molar-refractivity contribution >= 4 is 27.5 Å². The van der Waals surface area contributed by atoms with Gasteiger partial charge in [-0.25, -0.2) is 5.01 Å². The Balaban J connectivity index is 3.73. The molecule has 0 aliphatic carbocycles. The molecule has 2 N–H and O–H groups in total. The maximum absolute atomic E-state index is 13.2. The molecule has 0 radical (unpaired) electrons. The zero-order valence-electron chi connectivity index (χ0n) is 15.4. The summed E-state index contributed by atoms with van der Waals surface area (Å²) in [4.78, 5) is 11.2. The molecule has 1 aromatic rings. The minimum Gasteiger partial charge on any atom is -0.365 e. The Bertz CT molecular complexity index is 798. The van der Waals surface area contributed by atoms with Crippen LogP contribution in [0.25, 0.3) is 0 Å². The second kappa shape index (κ2) is 9.47. The van der Waals surface area contributed by atoms with Gasteiger partial charge >= 0.3 is 12.4 Å². The molecule has 29 heavy (non-hydrogen) atoms. The van der Waals surface area contributed by atoms with E-state index in [1.165, 1.54) is 0 Å². The molecule has 1 aromatic carbocycles. The molecule has 0 heterocycles. The Morgan fingerprint density at radius 2 is 1.69 bits per heavy atom. The Morgan fingerprint density at radius 3 is 2.03 bits per heavy atom. The highest BCUT2D eigenvalue weighted by molar-refractivity contribution is 9.12. The number of carbonyl (C=O) groups is 1. The van der Waals surface area contributed by atoms with E-state index in [9.17, 15) is 31.1 Å². The SMILES string of the molecule is C=CN(/C=C(/Br)C(N)=O)/N=C(/c1cc(C(F)(F)F)cc(C(F)(F)F)c1)[C@H](C)CC. The van der Waals surface area contributed by atoms with Crippen LogP contribution in [0.1, 0.15) is 37.0 Å². The Morgan fingerprint density at radius 1 is 1.21 bits per heavy atom. The van der Waals surface area contributed by atoms with Crippen molar-refractivity contribution in [3.05, 3.63) is 58.4 Å². The number of benzene rings is 1. The van der Waals surface area contributed by atoms with Gasteiger partial charge in [0, 0.05) is 18.3 Å². The molecule has 0 aliphatic heterocycles. The van der Waals surface area contributed by atoms with Crippen molar-refractivity contribution < 1.29 is 31.1 Å². The lowest BCUT2D eigenvalue weighted by Crippen LogP contribution is -2.20. The molecule has 1 amide bonds. The molecule has 0 aliphatic rings. The lowest BCUT2D eigenvalue weighted by Gasteiger charge is -2.20. The van der Waals surface area contributed by atoms with Crippen molar-refractivity contribution in [1.82, 2.24) is 5.01 Å². The molecular formula is C18H18BrF6N3O. The van der Waals surface area contributed by atoms with Crippen molar-refractivity contribution in [3.63, 3.8) is 0 Å². The number of halogens is 7. The van der Waals surface area contributed by atoms with E-state index < -0.39 is 35.3 Å². The van der Waals surface area contributed by atoms with Crippen molar-refractivity contribution in [3.8, 4) is 0 Å². The molecule has 0 aromatic heterocycles. The van der Waals surface area contributed by atoms with Gasteiger partial charge in [-0.2, -0.15) is 31.4 Å². The third-order valence-corrected chi connectivity index (χ3v) is 4.45. The highest BCUT2D eigenvalue weighted by Gasteiger charge is 2.37. The minimum absolute atomic E-state index is 0.0482. The highest BCUT2D eigenvalue weighted by atomic mass is 79.9. The number of carbonyl (C=O) groups excluding carboxylic acids is 1. The summed E-state index contributed by atoms with van der Waals surface area (Å²) in [7, 11) is 0. The normalized spacial score (nSPS) is 14.5. The maximum atomic E-state index is 13.2. The topological polar surface area (TPSA) is 58.7 Å². The number of nitrogens with two attached hydrogens (primary N) is 1. The van der Waals surface area contributed by atoms with Gasteiger partial charge in [-0.1, -0.05) is 20.4 Å².